The maximum atomic E-state index is 13.8. The number of halogens is 2. The number of amides is 1. The van der Waals surface area contributed by atoms with Crippen molar-refractivity contribution in [1.82, 2.24) is 14.8 Å². The number of methoxy groups -OCH3 is 1. The van der Waals surface area contributed by atoms with Gasteiger partial charge in [0.2, 0.25) is 5.91 Å². The molecule has 0 unspecified atom stereocenters. The minimum Gasteiger partial charge on any atom is -0.497 e. The van der Waals surface area contributed by atoms with Crippen molar-refractivity contribution in [2.45, 2.75) is 30.8 Å². The molecule has 2 aromatic carbocycles. The number of benzene rings is 2. The summed E-state index contributed by atoms with van der Waals surface area (Å²) >= 11 is 1.21. The predicted molar refractivity (Wildman–Crippen MR) is 108 cm³/mol. The molecule has 29 heavy (non-hydrogen) atoms. The number of thioether (sulfide) groups is 1. The molecule has 3 rings (SSSR count). The number of ether oxygens (including phenoxy) is 1. The van der Waals surface area contributed by atoms with E-state index in [0.717, 1.165) is 23.4 Å². The fourth-order valence-electron chi connectivity index (χ4n) is 2.65. The summed E-state index contributed by atoms with van der Waals surface area (Å²) in [5.41, 5.74) is 0.803. The number of hydrogen-bond donors (Lipinski definition) is 1. The number of rotatable bonds is 7. The van der Waals surface area contributed by atoms with Gasteiger partial charge in [0.05, 0.1) is 18.0 Å². The van der Waals surface area contributed by atoms with Gasteiger partial charge in [-0.3, -0.25) is 4.79 Å². The highest BCUT2D eigenvalue weighted by molar-refractivity contribution is 8.00. The zero-order valence-corrected chi connectivity index (χ0v) is 17.0. The Morgan fingerprint density at radius 3 is 2.55 bits per heavy atom. The molecule has 3 aromatic rings. The Bertz CT molecular complexity index is 1010. The average Bonchev–Trinajstić information content (AvgIpc) is 3.12. The van der Waals surface area contributed by atoms with E-state index in [1.807, 2.05) is 35.8 Å². The van der Waals surface area contributed by atoms with Gasteiger partial charge in [-0.1, -0.05) is 11.8 Å². The van der Waals surface area contributed by atoms with Gasteiger partial charge in [-0.25, -0.2) is 8.78 Å². The molecule has 0 spiro atoms. The lowest BCUT2D eigenvalue weighted by Crippen LogP contribution is -2.23. The lowest BCUT2D eigenvalue weighted by Gasteiger charge is -2.13. The van der Waals surface area contributed by atoms with Crippen LogP contribution in [0.3, 0.4) is 0 Å². The molecule has 0 aliphatic rings. The second-order valence-electron chi connectivity index (χ2n) is 6.15. The fourth-order valence-corrected chi connectivity index (χ4v) is 3.56. The van der Waals surface area contributed by atoms with Crippen molar-refractivity contribution in [3.05, 3.63) is 54.1 Å². The summed E-state index contributed by atoms with van der Waals surface area (Å²) in [6.07, 6.45) is 0. The Labute approximate surface area is 171 Å². The Morgan fingerprint density at radius 1 is 1.21 bits per heavy atom. The van der Waals surface area contributed by atoms with Gasteiger partial charge in [0, 0.05) is 18.2 Å². The van der Waals surface area contributed by atoms with Gasteiger partial charge in [-0.05, 0) is 50.2 Å². The lowest BCUT2D eigenvalue weighted by atomic mass is 10.2. The summed E-state index contributed by atoms with van der Waals surface area (Å²) in [5, 5.41) is 10.9. The molecule has 0 bridgehead atoms. The first-order chi connectivity index (χ1) is 13.9. The summed E-state index contributed by atoms with van der Waals surface area (Å²) < 4.78 is 33.9. The van der Waals surface area contributed by atoms with Crippen LogP contribution in [0.4, 0.5) is 14.5 Å². The summed E-state index contributed by atoms with van der Waals surface area (Å²) in [4.78, 5) is 12.4. The van der Waals surface area contributed by atoms with Crippen LogP contribution >= 0.6 is 11.8 Å². The van der Waals surface area contributed by atoms with Crippen LogP contribution in [-0.2, 0) is 11.3 Å². The van der Waals surface area contributed by atoms with Crippen LogP contribution in [0.25, 0.3) is 11.4 Å². The van der Waals surface area contributed by atoms with Gasteiger partial charge in [-0.2, -0.15) is 0 Å². The minimum atomic E-state index is -0.825. The molecule has 6 nitrogen and oxygen atoms in total. The van der Waals surface area contributed by atoms with Crippen molar-refractivity contribution >= 4 is 23.4 Å². The molecule has 0 aliphatic heterocycles. The maximum absolute atomic E-state index is 13.8. The largest absolute Gasteiger partial charge is 0.497 e. The van der Waals surface area contributed by atoms with Crippen molar-refractivity contribution in [3.8, 4) is 17.1 Å². The highest BCUT2D eigenvalue weighted by atomic mass is 32.2. The topological polar surface area (TPSA) is 69.0 Å². The van der Waals surface area contributed by atoms with Crippen molar-refractivity contribution in [2.75, 3.05) is 12.4 Å². The number of nitrogens with one attached hydrogen (secondary N) is 1. The average molecular weight is 418 g/mol. The number of carbonyl (C=O) groups excluding carboxylic acids is 1. The van der Waals surface area contributed by atoms with E-state index in [1.165, 1.54) is 17.8 Å². The van der Waals surface area contributed by atoms with Gasteiger partial charge in [-0.15, -0.1) is 10.2 Å². The standard InChI is InChI=1S/C20H20F2N4O2S/c1-4-26-18(13-5-8-15(28-3)9-6-13)24-25-20(26)29-12(2)19(27)23-17-10-7-14(21)11-16(17)22/h5-12H,4H2,1-3H3,(H,23,27)/t12-/m1/s1. The SMILES string of the molecule is CCn1c(S[C@H](C)C(=O)Nc2ccc(F)cc2F)nnc1-c1ccc(OC)cc1. The molecule has 0 radical (unpaired) electrons. The van der Waals surface area contributed by atoms with E-state index in [1.54, 1.807) is 14.0 Å². The van der Waals surface area contributed by atoms with E-state index in [9.17, 15) is 13.6 Å². The Kier molecular flexibility index (Phi) is 6.48. The van der Waals surface area contributed by atoms with Crippen molar-refractivity contribution in [3.63, 3.8) is 0 Å². The molecule has 152 valence electrons. The number of hydrogen-bond acceptors (Lipinski definition) is 5. The minimum absolute atomic E-state index is 0.0697. The molecule has 1 aromatic heterocycles. The van der Waals surface area contributed by atoms with Gasteiger partial charge in [0.15, 0.2) is 11.0 Å². The number of aromatic nitrogens is 3. The van der Waals surface area contributed by atoms with E-state index in [4.69, 9.17) is 4.74 Å². The number of anilines is 1. The summed E-state index contributed by atoms with van der Waals surface area (Å²) in [7, 11) is 1.60. The molecule has 1 atom stereocenters. The highest BCUT2D eigenvalue weighted by Crippen LogP contribution is 2.28. The van der Waals surface area contributed by atoms with Crippen LogP contribution in [0.2, 0.25) is 0 Å². The van der Waals surface area contributed by atoms with E-state index < -0.39 is 22.8 Å². The van der Waals surface area contributed by atoms with Crippen molar-refractivity contribution in [2.24, 2.45) is 0 Å². The monoisotopic (exact) mass is 418 g/mol. The molecule has 0 saturated carbocycles. The zero-order chi connectivity index (χ0) is 21.0. The van der Waals surface area contributed by atoms with E-state index in [0.29, 0.717) is 17.5 Å². The molecule has 0 aliphatic carbocycles. The molecule has 0 fully saturated rings. The van der Waals surface area contributed by atoms with Crippen LogP contribution in [0.15, 0.2) is 47.6 Å². The summed E-state index contributed by atoms with van der Waals surface area (Å²) in [5.74, 6) is -0.532. The third-order valence-electron chi connectivity index (χ3n) is 4.22. The second-order valence-corrected chi connectivity index (χ2v) is 7.46. The van der Waals surface area contributed by atoms with Gasteiger partial charge >= 0.3 is 0 Å². The third kappa shape index (κ3) is 4.73. The number of carbonyl (C=O) groups is 1. The zero-order valence-electron chi connectivity index (χ0n) is 16.1. The molecular formula is C20H20F2N4O2S. The van der Waals surface area contributed by atoms with E-state index in [2.05, 4.69) is 15.5 Å². The first-order valence-corrected chi connectivity index (χ1v) is 9.81. The Balaban J connectivity index is 1.75. The first kappa shape index (κ1) is 20.8. The number of nitrogens with zero attached hydrogens (tertiary/aromatic N) is 3. The van der Waals surface area contributed by atoms with Crippen LogP contribution in [-0.4, -0.2) is 33.0 Å². The van der Waals surface area contributed by atoms with Crippen LogP contribution in [0, 0.1) is 11.6 Å². The summed E-state index contributed by atoms with van der Waals surface area (Å²) in [6, 6.07) is 10.5. The van der Waals surface area contributed by atoms with Crippen molar-refractivity contribution < 1.29 is 18.3 Å². The summed E-state index contributed by atoms with van der Waals surface area (Å²) in [6.45, 7) is 4.25. The normalized spacial score (nSPS) is 11.9. The molecule has 1 amide bonds. The highest BCUT2D eigenvalue weighted by Gasteiger charge is 2.21. The van der Waals surface area contributed by atoms with Gasteiger partial charge in [0.1, 0.15) is 17.4 Å². The van der Waals surface area contributed by atoms with E-state index >= 15 is 0 Å². The maximum Gasteiger partial charge on any atom is 0.237 e. The predicted octanol–water partition coefficient (Wildman–Crippen LogP) is 4.37. The first-order valence-electron chi connectivity index (χ1n) is 8.93. The smallest absolute Gasteiger partial charge is 0.237 e. The molecule has 1 N–H and O–H groups in total. The molecule has 0 saturated heterocycles. The molecule has 1 heterocycles. The fraction of sp³-hybridized carbons (Fsp3) is 0.250. The Hall–Kier alpha value is -2.94. The quantitative estimate of drug-likeness (QED) is 0.577. The van der Waals surface area contributed by atoms with Crippen LogP contribution < -0.4 is 10.1 Å². The Morgan fingerprint density at radius 2 is 1.93 bits per heavy atom. The van der Waals surface area contributed by atoms with Crippen LogP contribution in [0.1, 0.15) is 13.8 Å². The lowest BCUT2D eigenvalue weighted by molar-refractivity contribution is -0.115. The molecular weight excluding hydrogens is 398 g/mol. The van der Waals surface area contributed by atoms with Crippen molar-refractivity contribution in [1.29, 1.82) is 0 Å². The van der Waals surface area contributed by atoms with Gasteiger partial charge in [0.25, 0.3) is 0 Å². The van der Waals surface area contributed by atoms with E-state index in [-0.39, 0.29) is 5.69 Å². The van der Waals surface area contributed by atoms with Gasteiger partial charge < -0.3 is 14.6 Å². The second kappa shape index (κ2) is 9.04. The third-order valence-corrected chi connectivity index (χ3v) is 5.30. The van der Waals surface area contributed by atoms with Crippen LogP contribution in [0.5, 0.6) is 5.75 Å². The molecule has 9 heteroatoms.